The van der Waals surface area contributed by atoms with Crippen LogP contribution in [0.3, 0.4) is 0 Å². The van der Waals surface area contributed by atoms with Crippen molar-refractivity contribution >= 4 is 15.9 Å². The Morgan fingerprint density at radius 1 is 1.21 bits per heavy atom. The zero-order valence-corrected chi connectivity index (χ0v) is 12.9. The summed E-state index contributed by atoms with van der Waals surface area (Å²) in [6, 6.07) is 8.31. The smallest absolute Gasteiger partial charge is 0.118 e. The van der Waals surface area contributed by atoms with Gasteiger partial charge in [-0.05, 0) is 42.0 Å². The summed E-state index contributed by atoms with van der Waals surface area (Å²) in [5.74, 6) is 1.49. The van der Waals surface area contributed by atoms with Gasteiger partial charge in [0.15, 0.2) is 0 Å². The largest absolute Gasteiger partial charge is 0.497 e. The van der Waals surface area contributed by atoms with Crippen molar-refractivity contribution in [3.05, 3.63) is 47.8 Å². The first kappa shape index (κ1) is 14.1. The molecular weight excluding hydrogens is 304 g/mol. The van der Waals surface area contributed by atoms with Crippen LogP contribution in [0.4, 0.5) is 0 Å². The minimum atomic E-state index is 0.581. The lowest BCUT2D eigenvalue weighted by molar-refractivity contribution is 0.414. The molecule has 1 aromatic carbocycles. The molecule has 0 fully saturated rings. The van der Waals surface area contributed by atoms with E-state index in [9.17, 15) is 0 Å². The van der Waals surface area contributed by atoms with Crippen molar-refractivity contribution in [2.24, 2.45) is 13.0 Å². The van der Waals surface area contributed by atoms with E-state index >= 15 is 0 Å². The van der Waals surface area contributed by atoms with Crippen LogP contribution in [0.5, 0.6) is 5.75 Å². The fourth-order valence-corrected chi connectivity index (χ4v) is 2.64. The van der Waals surface area contributed by atoms with Crippen LogP contribution < -0.4 is 4.74 Å². The van der Waals surface area contributed by atoms with Crippen molar-refractivity contribution in [2.45, 2.75) is 12.8 Å². The Morgan fingerprint density at radius 2 is 1.89 bits per heavy atom. The van der Waals surface area contributed by atoms with Crippen molar-refractivity contribution in [2.75, 3.05) is 12.4 Å². The van der Waals surface area contributed by atoms with Crippen LogP contribution in [-0.2, 0) is 19.9 Å². The molecule has 0 amide bonds. The molecule has 0 saturated carbocycles. The van der Waals surface area contributed by atoms with Gasteiger partial charge in [-0.3, -0.25) is 4.68 Å². The van der Waals surface area contributed by atoms with Crippen molar-refractivity contribution in [3.63, 3.8) is 0 Å². The molecule has 102 valence electrons. The summed E-state index contributed by atoms with van der Waals surface area (Å²) in [5, 5.41) is 5.21. The van der Waals surface area contributed by atoms with Gasteiger partial charge in [-0.25, -0.2) is 0 Å². The maximum atomic E-state index is 5.18. The second kappa shape index (κ2) is 6.75. The van der Waals surface area contributed by atoms with Crippen LogP contribution in [0.15, 0.2) is 36.7 Å². The number of hydrogen-bond donors (Lipinski definition) is 0. The van der Waals surface area contributed by atoms with E-state index in [1.54, 1.807) is 7.11 Å². The van der Waals surface area contributed by atoms with Gasteiger partial charge < -0.3 is 4.74 Å². The number of rotatable bonds is 6. The van der Waals surface area contributed by atoms with E-state index in [1.165, 1.54) is 11.1 Å². The predicted octanol–water partition coefficient (Wildman–Crippen LogP) is 3.23. The monoisotopic (exact) mass is 322 g/mol. The second-order valence-corrected chi connectivity index (χ2v) is 5.45. The third-order valence-corrected chi connectivity index (χ3v) is 4.10. The lowest BCUT2D eigenvalue weighted by Crippen LogP contribution is -2.09. The molecule has 1 atom stereocenters. The summed E-state index contributed by atoms with van der Waals surface area (Å²) in [5.41, 5.74) is 2.63. The highest BCUT2D eigenvalue weighted by atomic mass is 79.9. The standard InChI is InChI=1S/C15H19BrN2O/c1-18-11-14(10-17-18)8-13(9-16)7-12-3-5-15(19-2)6-4-12/h3-6,10-11,13H,7-9H2,1-2H3. The predicted molar refractivity (Wildman–Crippen MR) is 80.9 cm³/mol. The van der Waals surface area contributed by atoms with E-state index in [0.29, 0.717) is 5.92 Å². The molecule has 0 aliphatic carbocycles. The Hall–Kier alpha value is -1.29. The number of aromatic nitrogens is 2. The quantitative estimate of drug-likeness (QED) is 0.763. The van der Waals surface area contributed by atoms with Crippen molar-refractivity contribution in [3.8, 4) is 5.75 Å². The summed E-state index contributed by atoms with van der Waals surface area (Å²) in [6.07, 6.45) is 6.14. The van der Waals surface area contributed by atoms with Crippen LogP contribution in [0, 0.1) is 5.92 Å². The molecular formula is C15H19BrN2O. The van der Waals surface area contributed by atoms with Gasteiger partial charge in [-0.15, -0.1) is 0 Å². The van der Waals surface area contributed by atoms with Crippen LogP contribution in [0.25, 0.3) is 0 Å². The molecule has 0 bridgehead atoms. The lowest BCUT2D eigenvalue weighted by Gasteiger charge is -2.13. The first-order valence-corrected chi connectivity index (χ1v) is 7.50. The molecule has 2 aromatic rings. The number of benzene rings is 1. The first-order chi connectivity index (χ1) is 9.21. The molecule has 3 nitrogen and oxygen atoms in total. The Labute approximate surface area is 122 Å². The number of hydrogen-bond acceptors (Lipinski definition) is 2. The maximum absolute atomic E-state index is 5.18. The molecule has 2 rings (SSSR count). The number of alkyl halides is 1. The SMILES string of the molecule is COc1ccc(CC(CBr)Cc2cnn(C)c2)cc1. The Kier molecular flexibility index (Phi) is 5.02. The van der Waals surface area contributed by atoms with E-state index in [2.05, 4.69) is 39.4 Å². The average molecular weight is 323 g/mol. The summed E-state index contributed by atoms with van der Waals surface area (Å²) >= 11 is 3.61. The molecule has 19 heavy (non-hydrogen) atoms. The van der Waals surface area contributed by atoms with Gasteiger partial charge >= 0.3 is 0 Å². The highest BCUT2D eigenvalue weighted by molar-refractivity contribution is 9.09. The van der Waals surface area contributed by atoms with Crippen LogP contribution in [0.1, 0.15) is 11.1 Å². The molecule has 4 heteroatoms. The highest BCUT2D eigenvalue weighted by Gasteiger charge is 2.10. The normalized spacial score (nSPS) is 12.4. The van der Waals surface area contributed by atoms with Gasteiger partial charge in [0.05, 0.1) is 13.3 Å². The molecule has 0 saturated heterocycles. The van der Waals surface area contributed by atoms with Crippen LogP contribution in [0.2, 0.25) is 0 Å². The molecule has 0 aliphatic heterocycles. The third-order valence-electron chi connectivity index (χ3n) is 3.18. The van der Waals surface area contributed by atoms with Gasteiger partial charge in [0.2, 0.25) is 0 Å². The fourth-order valence-electron chi connectivity index (χ4n) is 2.19. The Morgan fingerprint density at radius 3 is 2.42 bits per heavy atom. The second-order valence-electron chi connectivity index (χ2n) is 4.80. The van der Waals surface area contributed by atoms with E-state index in [1.807, 2.05) is 30.1 Å². The number of nitrogens with zero attached hydrogens (tertiary/aromatic N) is 2. The maximum Gasteiger partial charge on any atom is 0.118 e. The third kappa shape index (κ3) is 4.10. The molecule has 0 radical (unpaired) electrons. The molecule has 1 unspecified atom stereocenters. The van der Waals surface area contributed by atoms with Crippen molar-refractivity contribution < 1.29 is 4.74 Å². The van der Waals surface area contributed by atoms with Gasteiger partial charge in [0, 0.05) is 18.6 Å². The number of methoxy groups -OCH3 is 1. The molecule has 1 heterocycles. The molecule has 0 N–H and O–H groups in total. The van der Waals surface area contributed by atoms with E-state index in [4.69, 9.17) is 4.74 Å². The van der Waals surface area contributed by atoms with E-state index < -0.39 is 0 Å². The highest BCUT2D eigenvalue weighted by Crippen LogP contribution is 2.19. The molecule has 0 aliphatic rings. The van der Waals surface area contributed by atoms with Crippen LogP contribution >= 0.6 is 15.9 Å². The van der Waals surface area contributed by atoms with Gasteiger partial charge in [-0.1, -0.05) is 28.1 Å². The van der Waals surface area contributed by atoms with Crippen LogP contribution in [-0.4, -0.2) is 22.2 Å². The summed E-state index contributed by atoms with van der Waals surface area (Å²) in [4.78, 5) is 0. The summed E-state index contributed by atoms with van der Waals surface area (Å²) < 4.78 is 7.03. The Balaban J connectivity index is 1.97. The minimum absolute atomic E-state index is 0.581. The summed E-state index contributed by atoms with van der Waals surface area (Å²) in [7, 11) is 3.65. The number of halogens is 1. The van der Waals surface area contributed by atoms with E-state index in [-0.39, 0.29) is 0 Å². The van der Waals surface area contributed by atoms with Gasteiger partial charge in [0.25, 0.3) is 0 Å². The molecule has 1 aromatic heterocycles. The van der Waals surface area contributed by atoms with Crippen molar-refractivity contribution in [1.29, 1.82) is 0 Å². The van der Waals surface area contributed by atoms with Crippen molar-refractivity contribution in [1.82, 2.24) is 9.78 Å². The average Bonchev–Trinajstić information content (AvgIpc) is 2.84. The van der Waals surface area contributed by atoms with Gasteiger partial charge in [-0.2, -0.15) is 5.10 Å². The Bertz CT molecular complexity index is 507. The number of aryl methyl sites for hydroxylation is 1. The van der Waals surface area contributed by atoms with Gasteiger partial charge in [0.1, 0.15) is 5.75 Å². The minimum Gasteiger partial charge on any atom is -0.497 e. The number of ether oxygens (including phenoxy) is 1. The first-order valence-electron chi connectivity index (χ1n) is 6.37. The summed E-state index contributed by atoms with van der Waals surface area (Å²) in [6.45, 7) is 0. The zero-order valence-electron chi connectivity index (χ0n) is 11.3. The zero-order chi connectivity index (χ0) is 13.7. The molecule has 0 spiro atoms. The van der Waals surface area contributed by atoms with E-state index in [0.717, 1.165) is 23.9 Å². The lowest BCUT2D eigenvalue weighted by atomic mass is 9.95. The topological polar surface area (TPSA) is 27.1 Å². The fraction of sp³-hybridized carbons (Fsp3) is 0.400.